The number of esters is 1. The molecule has 1 aromatic heterocycles. The largest absolute Gasteiger partial charge is 0.466 e. The summed E-state index contributed by atoms with van der Waals surface area (Å²) in [5, 5.41) is 3.05. The van der Waals surface area contributed by atoms with E-state index < -0.39 is 18.0 Å². The van der Waals surface area contributed by atoms with Crippen molar-refractivity contribution in [1.82, 2.24) is 29.1 Å². The van der Waals surface area contributed by atoms with Crippen molar-refractivity contribution in [2.24, 2.45) is 7.05 Å². The summed E-state index contributed by atoms with van der Waals surface area (Å²) in [7, 11) is 1.66. The Hall–Kier alpha value is -4.89. The van der Waals surface area contributed by atoms with Gasteiger partial charge < -0.3 is 38.8 Å². The van der Waals surface area contributed by atoms with Crippen LogP contribution in [0.3, 0.4) is 0 Å². The van der Waals surface area contributed by atoms with Crippen LogP contribution >= 0.6 is 0 Å². The number of piperazine rings is 1. The molecule has 5 heterocycles. The molecule has 2 aromatic carbocycles. The van der Waals surface area contributed by atoms with Crippen LogP contribution in [0.1, 0.15) is 62.1 Å². The Bertz CT molecular complexity index is 1970. The van der Waals surface area contributed by atoms with Gasteiger partial charge >= 0.3 is 23.8 Å². The van der Waals surface area contributed by atoms with Gasteiger partial charge in [-0.25, -0.2) is 14.4 Å². The number of anilines is 1. The highest BCUT2D eigenvalue weighted by Gasteiger charge is 2.36. The molecule has 57 heavy (non-hydrogen) atoms. The van der Waals surface area contributed by atoms with Gasteiger partial charge in [-0.1, -0.05) is 31.2 Å². The fourth-order valence-electron chi connectivity index (χ4n) is 8.94. The maximum atomic E-state index is 14.3. The number of piperidine rings is 2. The van der Waals surface area contributed by atoms with Crippen molar-refractivity contribution >= 4 is 40.8 Å². The molecule has 0 saturated carbocycles. The maximum Gasteiger partial charge on any atom is 0.419 e. The van der Waals surface area contributed by atoms with Gasteiger partial charge in [0.15, 0.2) is 11.7 Å². The Labute approximate surface area is 333 Å². The van der Waals surface area contributed by atoms with Gasteiger partial charge in [-0.3, -0.25) is 19.1 Å². The molecule has 4 amide bonds. The monoisotopic (exact) mass is 787 g/mol. The second-order valence-electron chi connectivity index (χ2n) is 15.9. The van der Waals surface area contributed by atoms with Crippen LogP contribution in [0.2, 0.25) is 0 Å². The van der Waals surface area contributed by atoms with E-state index in [1.54, 1.807) is 18.0 Å². The number of nitrogens with one attached hydrogen (secondary N) is 1. The van der Waals surface area contributed by atoms with Crippen molar-refractivity contribution in [2.45, 2.75) is 83.4 Å². The predicted molar refractivity (Wildman–Crippen MR) is 214 cm³/mol. The molecule has 1 N–H and O–H groups in total. The number of urea groups is 1. The van der Waals surface area contributed by atoms with Crippen LogP contribution in [-0.4, -0.2) is 143 Å². The summed E-state index contributed by atoms with van der Waals surface area (Å²) in [6, 6.07) is 11.8. The molecule has 308 valence electrons. The van der Waals surface area contributed by atoms with Crippen molar-refractivity contribution in [2.75, 3.05) is 77.4 Å². The van der Waals surface area contributed by atoms with Crippen molar-refractivity contribution in [1.29, 1.82) is 0 Å². The molecule has 1 atom stereocenters. The Kier molecular flexibility index (Phi) is 12.8. The third kappa shape index (κ3) is 9.47. The molecule has 15 nitrogen and oxygen atoms in total. The Morgan fingerprint density at radius 3 is 2.35 bits per heavy atom. The first-order valence-corrected chi connectivity index (χ1v) is 20.7. The summed E-state index contributed by atoms with van der Waals surface area (Å²) < 4.78 is 18.3. The lowest BCUT2D eigenvalue weighted by Crippen LogP contribution is -2.56. The molecule has 4 aliphatic rings. The number of hydrogen-bond acceptors (Lipinski definition) is 10. The van der Waals surface area contributed by atoms with Crippen molar-refractivity contribution in [3.8, 4) is 0 Å². The Morgan fingerprint density at radius 2 is 1.61 bits per heavy atom. The van der Waals surface area contributed by atoms with Gasteiger partial charge in [0, 0.05) is 83.6 Å². The number of para-hydroxylation sites is 1. The smallest absolute Gasteiger partial charge is 0.419 e. The quantitative estimate of drug-likeness (QED) is 0.283. The predicted octanol–water partition coefficient (Wildman–Crippen LogP) is 3.99. The van der Waals surface area contributed by atoms with Crippen LogP contribution in [0.5, 0.6) is 0 Å². The summed E-state index contributed by atoms with van der Waals surface area (Å²) in [5.74, 6) is -0.845. The lowest BCUT2D eigenvalue weighted by atomic mass is 10.0. The first kappa shape index (κ1) is 40.3. The van der Waals surface area contributed by atoms with E-state index in [2.05, 4.69) is 15.1 Å². The lowest BCUT2D eigenvalue weighted by molar-refractivity contribution is -0.144. The number of benzene rings is 2. The number of nitrogens with zero attached hydrogens (tertiary/aromatic N) is 6. The SMILES string of the molecule is CCCOC(=O)CCN1CCC(N2CCN(C(=O)[C@@H](Cc3cc(C)c4c(c3)oc(=O)n4C)OC(=O)N3CCC(N4CCc5ccccc5NC4=O)CC3)CC2)CC1. The topological polar surface area (TPSA) is 150 Å². The number of ether oxygens (including phenoxy) is 2. The van der Waals surface area contributed by atoms with Crippen LogP contribution in [0.4, 0.5) is 15.3 Å². The van der Waals surface area contributed by atoms with Gasteiger partial charge in [-0.2, -0.15) is 0 Å². The fraction of sp³-hybridized carbons (Fsp3) is 0.595. The number of oxazole rings is 1. The number of aromatic nitrogens is 1. The molecule has 0 spiro atoms. The molecular weight excluding hydrogens is 731 g/mol. The number of likely N-dealkylation sites (tertiary alicyclic amines) is 2. The standard InChI is InChI=1S/C42H57N7O8/c1-4-25-55-37(50)14-17-45-15-10-32(11-16-45)46-21-23-47(24-22-46)39(51)36(28-30-26-29(2)38-35(27-30)56-41(53)44(38)3)57-42(54)48-18-12-33(13-19-48)49-20-9-31-7-5-6-8-34(31)43-40(49)52/h5-8,26-27,32-33,36H,4,9-25,28H2,1-3H3,(H,43,52)/t36-/m1/s1. The van der Waals surface area contributed by atoms with Gasteiger partial charge in [0.25, 0.3) is 5.91 Å². The van der Waals surface area contributed by atoms with Gasteiger partial charge in [-0.15, -0.1) is 0 Å². The van der Waals surface area contributed by atoms with Gasteiger partial charge in [-0.05, 0) is 87.4 Å². The summed E-state index contributed by atoms with van der Waals surface area (Å²) in [6.45, 7) is 10.8. The maximum absolute atomic E-state index is 14.3. The number of carbonyl (C=O) groups excluding carboxylic acids is 4. The van der Waals surface area contributed by atoms with Gasteiger partial charge in [0.05, 0.1) is 18.5 Å². The summed E-state index contributed by atoms with van der Waals surface area (Å²) >= 11 is 0. The van der Waals surface area contributed by atoms with E-state index in [4.69, 9.17) is 13.9 Å². The van der Waals surface area contributed by atoms with E-state index in [9.17, 15) is 24.0 Å². The van der Waals surface area contributed by atoms with Crippen molar-refractivity contribution < 1.29 is 33.1 Å². The Balaban J connectivity index is 0.963. The molecule has 3 fully saturated rings. The van der Waals surface area contributed by atoms with Crippen molar-refractivity contribution in [3.63, 3.8) is 0 Å². The molecule has 0 aliphatic carbocycles. The van der Waals surface area contributed by atoms with E-state index in [1.807, 2.05) is 54.0 Å². The summed E-state index contributed by atoms with van der Waals surface area (Å²) in [4.78, 5) is 75.7. The molecule has 0 radical (unpaired) electrons. The summed E-state index contributed by atoms with van der Waals surface area (Å²) in [6.07, 6.45) is 3.72. The average Bonchev–Trinajstić information content (AvgIpc) is 3.40. The molecular formula is C42H57N7O8. The highest BCUT2D eigenvalue weighted by Crippen LogP contribution is 2.27. The van der Waals surface area contributed by atoms with E-state index in [0.29, 0.717) is 82.3 Å². The molecule has 0 bridgehead atoms. The minimum absolute atomic E-state index is 0.0195. The zero-order valence-corrected chi connectivity index (χ0v) is 33.6. The van der Waals surface area contributed by atoms with Gasteiger partial charge in [0.1, 0.15) is 0 Å². The minimum atomic E-state index is -1.07. The second kappa shape index (κ2) is 18.1. The number of amides is 4. The second-order valence-corrected chi connectivity index (χ2v) is 15.9. The van der Waals surface area contributed by atoms with Gasteiger partial charge in [0.2, 0.25) is 0 Å². The molecule has 3 aromatic rings. The molecule has 0 unspecified atom stereocenters. The third-order valence-corrected chi connectivity index (χ3v) is 12.2. The highest BCUT2D eigenvalue weighted by molar-refractivity contribution is 5.91. The van der Waals surface area contributed by atoms with E-state index in [0.717, 1.165) is 74.2 Å². The first-order valence-electron chi connectivity index (χ1n) is 20.7. The van der Waals surface area contributed by atoms with E-state index in [1.165, 1.54) is 4.57 Å². The van der Waals surface area contributed by atoms with E-state index >= 15 is 0 Å². The lowest BCUT2D eigenvalue weighted by Gasteiger charge is -2.43. The fourth-order valence-corrected chi connectivity index (χ4v) is 8.94. The zero-order valence-electron chi connectivity index (χ0n) is 33.6. The Morgan fingerprint density at radius 1 is 0.895 bits per heavy atom. The normalized spacial score (nSPS) is 19.6. The summed E-state index contributed by atoms with van der Waals surface area (Å²) in [5.41, 5.74) is 4.62. The molecule has 4 aliphatic heterocycles. The van der Waals surface area contributed by atoms with Crippen LogP contribution in [-0.2, 0) is 39.0 Å². The third-order valence-electron chi connectivity index (χ3n) is 12.2. The van der Waals surface area contributed by atoms with E-state index in [-0.39, 0.29) is 30.4 Å². The van der Waals surface area contributed by atoms with Crippen LogP contribution < -0.4 is 11.1 Å². The highest BCUT2D eigenvalue weighted by atomic mass is 16.6. The number of hydrogen-bond donors (Lipinski definition) is 1. The molecule has 15 heteroatoms. The molecule has 3 saturated heterocycles. The first-order chi connectivity index (χ1) is 27.6. The number of carbonyl (C=O) groups is 4. The zero-order chi connectivity index (χ0) is 40.1. The van der Waals surface area contributed by atoms with Crippen LogP contribution in [0.25, 0.3) is 11.1 Å². The number of fused-ring (bicyclic) bond motifs is 2. The van der Waals surface area contributed by atoms with Crippen LogP contribution in [0, 0.1) is 6.92 Å². The average molecular weight is 788 g/mol. The number of aryl methyl sites for hydroxylation is 2. The minimum Gasteiger partial charge on any atom is -0.466 e. The van der Waals surface area contributed by atoms with Crippen molar-refractivity contribution in [3.05, 3.63) is 63.6 Å². The number of rotatable bonds is 11. The van der Waals surface area contributed by atoms with Crippen LogP contribution in [0.15, 0.2) is 45.6 Å². The molecule has 7 rings (SSSR count).